The molecule has 6 heteroatoms. The summed E-state index contributed by atoms with van der Waals surface area (Å²) in [4.78, 5) is 18.5. The SMILES string of the molecule is COc1ccc(CN(Cc2ccc(OC)cc2)C(=O)OCc2cccnc2)cc1. The van der Waals surface area contributed by atoms with Crippen LogP contribution >= 0.6 is 0 Å². The zero-order valence-corrected chi connectivity index (χ0v) is 16.6. The molecular formula is C23H24N2O4. The van der Waals surface area contributed by atoms with Crippen LogP contribution in [0.25, 0.3) is 0 Å². The third-order valence-electron chi connectivity index (χ3n) is 4.41. The molecule has 0 N–H and O–H groups in total. The molecule has 29 heavy (non-hydrogen) atoms. The molecule has 1 amide bonds. The maximum Gasteiger partial charge on any atom is 0.410 e. The van der Waals surface area contributed by atoms with Crippen molar-refractivity contribution in [3.8, 4) is 11.5 Å². The van der Waals surface area contributed by atoms with Crippen LogP contribution < -0.4 is 9.47 Å². The van der Waals surface area contributed by atoms with Gasteiger partial charge in [-0.2, -0.15) is 0 Å². The molecular weight excluding hydrogens is 368 g/mol. The minimum Gasteiger partial charge on any atom is -0.497 e. The Hall–Kier alpha value is -3.54. The van der Waals surface area contributed by atoms with E-state index in [1.165, 1.54) is 0 Å². The fourth-order valence-corrected chi connectivity index (χ4v) is 2.81. The van der Waals surface area contributed by atoms with E-state index < -0.39 is 0 Å². The Labute approximate surface area is 170 Å². The zero-order chi connectivity index (χ0) is 20.5. The summed E-state index contributed by atoms with van der Waals surface area (Å²) >= 11 is 0. The highest BCUT2D eigenvalue weighted by atomic mass is 16.6. The number of nitrogens with zero attached hydrogens (tertiary/aromatic N) is 2. The summed E-state index contributed by atoms with van der Waals surface area (Å²) < 4.78 is 15.9. The van der Waals surface area contributed by atoms with Crippen LogP contribution in [0, 0.1) is 0 Å². The summed E-state index contributed by atoms with van der Waals surface area (Å²) in [6.07, 6.45) is 2.98. The highest BCUT2D eigenvalue weighted by Crippen LogP contribution is 2.18. The maximum atomic E-state index is 12.8. The van der Waals surface area contributed by atoms with E-state index in [1.54, 1.807) is 31.5 Å². The predicted octanol–water partition coefficient (Wildman–Crippen LogP) is 4.44. The topological polar surface area (TPSA) is 60.9 Å². The molecule has 3 aromatic rings. The van der Waals surface area contributed by atoms with Crippen LogP contribution in [0.4, 0.5) is 4.79 Å². The molecule has 0 spiro atoms. The van der Waals surface area contributed by atoms with Gasteiger partial charge in [0.1, 0.15) is 18.1 Å². The number of carbonyl (C=O) groups is 1. The number of benzene rings is 2. The van der Waals surface area contributed by atoms with Crippen LogP contribution in [0.3, 0.4) is 0 Å². The molecule has 0 aliphatic carbocycles. The van der Waals surface area contributed by atoms with Crippen LogP contribution in [0.5, 0.6) is 11.5 Å². The molecule has 0 unspecified atom stereocenters. The predicted molar refractivity (Wildman–Crippen MR) is 110 cm³/mol. The van der Waals surface area contributed by atoms with Gasteiger partial charge in [0.2, 0.25) is 0 Å². The Bertz CT molecular complexity index is 847. The normalized spacial score (nSPS) is 10.3. The largest absolute Gasteiger partial charge is 0.497 e. The Morgan fingerprint density at radius 1 is 0.828 bits per heavy atom. The lowest BCUT2D eigenvalue weighted by atomic mass is 10.1. The third kappa shape index (κ3) is 5.97. The van der Waals surface area contributed by atoms with E-state index in [9.17, 15) is 4.79 Å². The Morgan fingerprint density at radius 2 is 1.38 bits per heavy atom. The Balaban J connectivity index is 1.72. The van der Waals surface area contributed by atoms with Gasteiger partial charge < -0.3 is 14.2 Å². The van der Waals surface area contributed by atoms with Crippen molar-refractivity contribution in [2.75, 3.05) is 14.2 Å². The summed E-state index contributed by atoms with van der Waals surface area (Å²) in [5, 5.41) is 0. The smallest absolute Gasteiger partial charge is 0.410 e. The van der Waals surface area contributed by atoms with Gasteiger partial charge in [-0.15, -0.1) is 0 Å². The summed E-state index contributed by atoms with van der Waals surface area (Å²) in [7, 11) is 3.25. The second kappa shape index (κ2) is 10.1. The fraction of sp³-hybridized carbons (Fsp3) is 0.217. The molecule has 0 atom stereocenters. The fourth-order valence-electron chi connectivity index (χ4n) is 2.81. The first kappa shape index (κ1) is 20.2. The van der Waals surface area contributed by atoms with Crippen LogP contribution in [0.1, 0.15) is 16.7 Å². The van der Waals surface area contributed by atoms with E-state index >= 15 is 0 Å². The number of hydrogen-bond donors (Lipinski definition) is 0. The Morgan fingerprint density at radius 3 is 1.83 bits per heavy atom. The molecule has 1 heterocycles. The molecule has 0 saturated carbocycles. The van der Waals surface area contributed by atoms with Gasteiger partial charge in [-0.3, -0.25) is 9.88 Å². The van der Waals surface area contributed by atoms with Crippen molar-refractivity contribution in [3.05, 3.63) is 89.7 Å². The number of methoxy groups -OCH3 is 2. The van der Waals surface area contributed by atoms with E-state index in [0.717, 1.165) is 28.2 Å². The number of rotatable bonds is 8. The highest BCUT2D eigenvalue weighted by molar-refractivity contribution is 5.67. The summed E-state index contributed by atoms with van der Waals surface area (Å²) in [6.45, 7) is 1.01. The van der Waals surface area contributed by atoms with Gasteiger partial charge in [0, 0.05) is 31.0 Å². The second-order valence-corrected chi connectivity index (χ2v) is 6.47. The molecule has 3 rings (SSSR count). The van der Waals surface area contributed by atoms with E-state index in [-0.39, 0.29) is 12.7 Å². The molecule has 6 nitrogen and oxygen atoms in total. The molecule has 1 aromatic heterocycles. The lowest BCUT2D eigenvalue weighted by Gasteiger charge is -2.23. The van der Waals surface area contributed by atoms with Crippen molar-refractivity contribution < 1.29 is 19.0 Å². The standard InChI is InChI=1S/C23H24N2O4/c1-27-21-9-5-18(6-10-21)15-25(16-19-7-11-22(28-2)12-8-19)23(26)29-17-20-4-3-13-24-14-20/h3-14H,15-17H2,1-2H3. The Kier molecular flexibility index (Phi) is 7.05. The summed E-state index contributed by atoms with van der Waals surface area (Å²) in [5.41, 5.74) is 2.81. The lowest BCUT2D eigenvalue weighted by Crippen LogP contribution is -2.30. The first-order valence-corrected chi connectivity index (χ1v) is 9.24. The van der Waals surface area contributed by atoms with E-state index in [0.29, 0.717) is 13.1 Å². The number of hydrogen-bond acceptors (Lipinski definition) is 5. The number of carbonyl (C=O) groups excluding carboxylic acids is 1. The van der Waals surface area contributed by atoms with Gasteiger partial charge in [0.25, 0.3) is 0 Å². The quantitative estimate of drug-likeness (QED) is 0.567. The minimum atomic E-state index is -0.388. The molecule has 0 aliphatic heterocycles. The van der Waals surface area contributed by atoms with Gasteiger partial charge in [-0.1, -0.05) is 30.3 Å². The number of ether oxygens (including phenoxy) is 3. The van der Waals surface area contributed by atoms with Gasteiger partial charge in [-0.25, -0.2) is 4.79 Å². The van der Waals surface area contributed by atoms with Crippen molar-refractivity contribution >= 4 is 6.09 Å². The van der Waals surface area contributed by atoms with Gasteiger partial charge in [0.15, 0.2) is 0 Å². The van der Waals surface area contributed by atoms with Gasteiger partial charge in [-0.05, 0) is 41.5 Å². The molecule has 150 valence electrons. The average molecular weight is 392 g/mol. The molecule has 0 saturated heterocycles. The molecule has 0 fully saturated rings. The number of aromatic nitrogens is 1. The van der Waals surface area contributed by atoms with Crippen LogP contribution in [-0.4, -0.2) is 30.2 Å². The van der Waals surface area contributed by atoms with Crippen LogP contribution in [-0.2, 0) is 24.4 Å². The first-order chi connectivity index (χ1) is 14.2. The average Bonchev–Trinajstić information content (AvgIpc) is 2.78. The number of pyridine rings is 1. The van der Waals surface area contributed by atoms with Crippen LogP contribution in [0.2, 0.25) is 0 Å². The molecule has 0 bridgehead atoms. The van der Waals surface area contributed by atoms with Crippen molar-refractivity contribution in [3.63, 3.8) is 0 Å². The summed E-state index contributed by atoms with van der Waals surface area (Å²) in [5.74, 6) is 1.55. The van der Waals surface area contributed by atoms with Gasteiger partial charge in [0.05, 0.1) is 14.2 Å². The van der Waals surface area contributed by atoms with Crippen molar-refractivity contribution in [1.82, 2.24) is 9.88 Å². The molecule has 0 aliphatic rings. The van der Waals surface area contributed by atoms with E-state index in [4.69, 9.17) is 14.2 Å². The second-order valence-electron chi connectivity index (χ2n) is 6.47. The van der Waals surface area contributed by atoms with Crippen molar-refractivity contribution in [2.24, 2.45) is 0 Å². The highest BCUT2D eigenvalue weighted by Gasteiger charge is 2.17. The first-order valence-electron chi connectivity index (χ1n) is 9.24. The zero-order valence-electron chi connectivity index (χ0n) is 16.6. The number of amides is 1. The molecule has 2 aromatic carbocycles. The van der Waals surface area contributed by atoms with Crippen molar-refractivity contribution in [2.45, 2.75) is 19.7 Å². The van der Waals surface area contributed by atoms with Crippen LogP contribution in [0.15, 0.2) is 73.1 Å². The summed E-state index contributed by atoms with van der Waals surface area (Å²) in [6, 6.07) is 19.0. The van der Waals surface area contributed by atoms with Crippen molar-refractivity contribution in [1.29, 1.82) is 0 Å². The monoisotopic (exact) mass is 392 g/mol. The maximum absolute atomic E-state index is 12.8. The third-order valence-corrected chi connectivity index (χ3v) is 4.41. The minimum absolute atomic E-state index is 0.175. The van der Waals surface area contributed by atoms with Gasteiger partial charge >= 0.3 is 6.09 Å². The van der Waals surface area contributed by atoms with E-state index in [1.807, 2.05) is 60.7 Å². The lowest BCUT2D eigenvalue weighted by molar-refractivity contribution is 0.0909. The molecule has 0 radical (unpaired) electrons. The van der Waals surface area contributed by atoms with E-state index in [2.05, 4.69) is 4.98 Å².